The second-order valence-corrected chi connectivity index (χ2v) is 5.23. The molecule has 1 aromatic carbocycles. The first-order chi connectivity index (χ1) is 9.13. The first-order valence-corrected chi connectivity index (χ1v) is 6.48. The van der Waals surface area contributed by atoms with Gasteiger partial charge in [0.25, 0.3) is 11.8 Å². The average Bonchev–Trinajstić information content (AvgIpc) is 3.11. The SMILES string of the molecule is C[C@@H]1C[C@@H]1CNC(=O)c1ccc2c(c1)OCC(=O)N2. The zero-order valence-electron chi connectivity index (χ0n) is 10.7. The van der Waals surface area contributed by atoms with Gasteiger partial charge in [-0.1, -0.05) is 6.92 Å². The molecule has 1 saturated carbocycles. The molecule has 1 fully saturated rings. The molecule has 1 aliphatic carbocycles. The highest BCUT2D eigenvalue weighted by atomic mass is 16.5. The molecule has 5 nitrogen and oxygen atoms in total. The van der Waals surface area contributed by atoms with Crippen LogP contribution in [-0.2, 0) is 4.79 Å². The highest BCUT2D eigenvalue weighted by Crippen LogP contribution is 2.36. The molecule has 0 saturated heterocycles. The minimum atomic E-state index is -0.174. The molecule has 2 amide bonds. The Kier molecular flexibility index (Phi) is 2.89. The van der Waals surface area contributed by atoms with Crippen molar-refractivity contribution in [2.24, 2.45) is 11.8 Å². The lowest BCUT2D eigenvalue weighted by atomic mass is 10.1. The van der Waals surface area contributed by atoms with Crippen LogP contribution >= 0.6 is 0 Å². The largest absolute Gasteiger partial charge is 0.482 e. The van der Waals surface area contributed by atoms with Crippen LogP contribution in [0.5, 0.6) is 5.75 Å². The van der Waals surface area contributed by atoms with Crippen LogP contribution < -0.4 is 15.4 Å². The van der Waals surface area contributed by atoms with E-state index in [0.717, 1.165) is 12.5 Å². The van der Waals surface area contributed by atoms with Gasteiger partial charge in [-0.25, -0.2) is 0 Å². The third-order valence-electron chi connectivity index (χ3n) is 3.68. The Morgan fingerprint density at radius 1 is 1.53 bits per heavy atom. The lowest BCUT2D eigenvalue weighted by molar-refractivity contribution is -0.118. The van der Waals surface area contributed by atoms with E-state index < -0.39 is 0 Å². The van der Waals surface area contributed by atoms with Crippen molar-refractivity contribution < 1.29 is 14.3 Å². The van der Waals surface area contributed by atoms with Gasteiger partial charge in [-0.2, -0.15) is 0 Å². The van der Waals surface area contributed by atoms with Gasteiger partial charge in [0.15, 0.2) is 6.61 Å². The third kappa shape index (κ3) is 2.54. The summed E-state index contributed by atoms with van der Waals surface area (Å²) in [6.07, 6.45) is 1.19. The van der Waals surface area contributed by atoms with Gasteiger partial charge in [0, 0.05) is 12.1 Å². The van der Waals surface area contributed by atoms with E-state index in [-0.39, 0.29) is 18.4 Å². The van der Waals surface area contributed by atoms with E-state index in [1.807, 2.05) is 0 Å². The normalized spacial score (nSPS) is 23.9. The maximum atomic E-state index is 12.0. The van der Waals surface area contributed by atoms with Crippen molar-refractivity contribution in [1.29, 1.82) is 0 Å². The Morgan fingerprint density at radius 2 is 2.32 bits per heavy atom. The molecule has 100 valence electrons. The first-order valence-electron chi connectivity index (χ1n) is 6.48. The summed E-state index contributed by atoms with van der Waals surface area (Å²) in [6, 6.07) is 5.06. The Labute approximate surface area is 111 Å². The summed E-state index contributed by atoms with van der Waals surface area (Å²) in [4.78, 5) is 23.1. The van der Waals surface area contributed by atoms with Crippen molar-refractivity contribution in [2.75, 3.05) is 18.5 Å². The summed E-state index contributed by atoms with van der Waals surface area (Å²) in [6.45, 7) is 2.92. The Bertz CT molecular complexity index is 541. The van der Waals surface area contributed by atoms with Crippen molar-refractivity contribution in [3.63, 3.8) is 0 Å². The van der Waals surface area contributed by atoms with E-state index in [1.54, 1.807) is 18.2 Å². The standard InChI is InChI=1S/C14H16N2O3/c1-8-4-10(8)6-15-14(18)9-2-3-11-12(5-9)19-7-13(17)16-11/h2-3,5,8,10H,4,6-7H2,1H3,(H,15,18)(H,16,17)/t8-,10-/m1/s1. The molecule has 5 heteroatoms. The molecule has 1 aromatic rings. The predicted octanol–water partition coefficient (Wildman–Crippen LogP) is 1.40. The summed E-state index contributed by atoms with van der Waals surface area (Å²) >= 11 is 0. The van der Waals surface area contributed by atoms with Crippen molar-refractivity contribution in [3.8, 4) is 5.75 Å². The second-order valence-electron chi connectivity index (χ2n) is 5.23. The molecular weight excluding hydrogens is 244 g/mol. The molecule has 2 aliphatic rings. The smallest absolute Gasteiger partial charge is 0.262 e. The second kappa shape index (κ2) is 4.57. The first kappa shape index (κ1) is 12.0. The molecule has 3 rings (SSSR count). The maximum absolute atomic E-state index is 12.0. The number of hydrogen-bond acceptors (Lipinski definition) is 3. The number of benzene rings is 1. The van der Waals surface area contributed by atoms with E-state index in [1.165, 1.54) is 6.42 Å². The fraction of sp³-hybridized carbons (Fsp3) is 0.429. The Morgan fingerprint density at radius 3 is 3.05 bits per heavy atom. The molecule has 0 radical (unpaired) electrons. The van der Waals surface area contributed by atoms with Crippen LogP contribution in [0.2, 0.25) is 0 Å². The highest BCUT2D eigenvalue weighted by molar-refractivity contribution is 5.98. The summed E-state index contributed by atoms with van der Waals surface area (Å²) in [5, 5.41) is 5.62. The predicted molar refractivity (Wildman–Crippen MR) is 70.2 cm³/mol. The highest BCUT2D eigenvalue weighted by Gasteiger charge is 2.32. The third-order valence-corrected chi connectivity index (χ3v) is 3.68. The van der Waals surface area contributed by atoms with Crippen LogP contribution in [0.1, 0.15) is 23.7 Å². The fourth-order valence-electron chi connectivity index (χ4n) is 2.23. The summed E-state index contributed by atoms with van der Waals surface area (Å²) in [7, 11) is 0. The van der Waals surface area contributed by atoms with Gasteiger partial charge in [0.05, 0.1) is 5.69 Å². The Hall–Kier alpha value is -2.04. The molecule has 0 bridgehead atoms. The lowest BCUT2D eigenvalue weighted by Crippen LogP contribution is -2.27. The van der Waals surface area contributed by atoms with Gasteiger partial charge in [0.2, 0.25) is 0 Å². The summed E-state index contributed by atoms with van der Waals surface area (Å²) in [5.41, 5.74) is 1.17. The van der Waals surface area contributed by atoms with Crippen molar-refractivity contribution in [3.05, 3.63) is 23.8 Å². The molecule has 0 aromatic heterocycles. The topological polar surface area (TPSA) is 67.4 Å². The van der Waals surface area contributed by atoms with Gasteiger partial charge in [-0.15, -0.1) is 0 Å². The minimum Gasteiger partial charge on any atom is -0.482 e. The molecule has 0 spiro atoms. The number of carbonyl (C=O) groups is 2. The lowest BCUT2D eigenvalue weighted by Gasteiger charge is -2.18. The van der Waals surface area contributed by atoms with Gasteiger partial charge in [-0.3, -0.25) is 9.59 Å². The van der Waals surface area contributed by atoms with Crippen LogP contribution in [0, 0.1) is 11.8 Å². The van der Waals surface area contributed by atoms with Gasteiger partial charge in [-0.05, 0) is 36.5 Å². The Balaban J connectivity index is 1.67. The molecule has 0 unspecified atom stereocenters. The summed E-state index contributed by atoms with van der Waals surface area (Å²) < 4.78 is 5.29. The number of ether oxygens (including phenoxy) is 1. The van der Waals surface area contributed by atoms with E-state index in [2.05, 4.69) is 17.6 Å². The zero-order chi connectivity index (χ0) is 13.4. The van der Waals surface area contributed by atoms with Gasteiger partial charge in [0.1, 0.15) is 5.75 Å². The van der Waals surface area contributed by atoms with E-state index >= 15 is 0 Å². The average molecular weight is 260 g/mol. The minimum absolute atomic E-state index is 0.00232. The molecule has 2 N–H and O–H groups in total. The number of amides is 2. The maximum Gasteiger partial charge on any atom is 0.262 e. The van der Waals surface area contributed by atoms with Gasteiger partial charge >= 0.3 is 0 Å². The van der Waals surface area contributed by atoms with Crippen LogP contribution in [-0.4, -0.2) is 25.0 Å². The number of anilines is 1. The van der Waals surface area contributed by atoms with Crippen molar-refractivity contribution in [2.45, 2.75) is 13.3 Å². The van der Waals surface area contributed by atoms with Crippen LogP contribution in [0.3, 0.4) is 0 Å². The van der Waals surface area contributed by atoms with E-state index in [4.69, 9.17) is 4.74 Å². The van der Waals surface area contributed by atoms with Crippen molar-refractivity contribution in [1.82, 2.24) is 5.32 Å². The quantitative estimate of drug-likeness (QED) is 0.863. The molecule has 19 heavy (non-hydrogen) atoms. The number of nitrogens with one attached hydrogen (secondary N) is 2. The van der Waals surface area contributed by atoms with Crippen molar-refractivity contribution >= 4 is 17.5 Å². The fourth-order valence-corrected chi connectivity index (χ4v) is 2.23. The molecular formula is C14H16N2O3. The van der Waals surface area contributed by atoms with Crippen LogP contribution in [0.25, 0.3) is 0 Å². The van der Waals surface area contributed by atoms with Crippen LogP contribution in [0.4, 0.5) is 5.69 Å². The summed E-state index contributed by atoms with van der Waals surface area (Å²) in [5.74, 6) is 1.63. The zero-order valence-corrected chi connectivity index (χ0v) is 10.7. The number of fused-ring (bicyclic) bond motifs is 1. The van der Waals surface area contributed by atoms with E-state index in [9.17, 15) is 9.59 Å². The van der Waals surface area contributed by atoms with E-state index in [0.29, 0.717) is 22.9 Å². The number of carbonyl (C=O) groups excluding carboxylic acids is 2. The van der Waals surface area contributed by atoms with Crippen LogP contribution in [0.15, 0.2) is 18.2 Å². The molecule has 1 heterocycles. The number of rotatable bonds is 3. The number of hydrogen-bond donors (Lipinski definition) is 2. The monoisotopic (exact) mass is 260 g/mol. The molecule has 2 atom stereocenters. The van der Waals surface area contributed by atoms with Gasteiger partial charge < -0.3 is 15.4 Å². The molecule has 1 aliphatic heterocycles.